The lowest BCUT2D eigenvalue weighted by atomic mass is 9.95. The van der Waals surface area contributed by atoms with E-state index in [1.807, 2.05) is 18.0 Å². The van der Waals surface area contributed by atoms with Crippen molar-refractivity contribution in [1.82, 2.24) is 14.9 Å². The molecule has 2 aliphatic rings. The summed E-state index contributed by atoms with van der Waals surface area (Å²) in [5.74, 6) is 1.44. The molecular weight excluding hydrogens is 385 g/mol. The van der Waals surface area contributed by atoms with Crippen LogP contribution in [0.1, 0.15) is 49.5 Å². The van der Waals surface area contributed by atoms with Crippen molar-refractivity contribution in [2.75, 3.05) is 36.9 Å². The SMILES string of the molecule is CNc1cc([C@@H]2CC(=O)N(c3ccc(F)cc3)C2)nc(C2CCN(C(C)=O)CC2)n1. The molecule has 0 radical (unpaired) electrons. The zero-order valence-corrected chi connectivity index (χ0v) is 17.3. The van der Waals surface area contributed by atoms with Gasteiger partial charge in [-0.1, -0.05) is 0 Å². The fourth-order valence-electron chi connectivity index (χ4n) is 4.23. The highest BCUT2D eigenvalue weighted by molar-refractivity contribution is 5.96. The second-order valence-electron chi connectivity index (χ2n) is 7.95. The number of carbonyl (C=O) groups excluding carboxylic acids is 2. The number of nitrogens with one attached hydrogen (secondary N) is 1. The molecule has 8 heteroatoms. The van der Waals surface area contributed by atoms with Crippen LogP contribution < -0.4 is 10.2 Å². The average Bonchev–Trinajstić information content (AvgIpc) is 3.15. The molecule has 3 heterocycles. The number of amides is 2. The monoisotopic (exact) mass is 411 g/mol. The molecule has 0 bridgehead atoms. The Balaban J connectivity index is 1.54. The Morgan fingerprint density at radius 3 is 2.47 bits per heavy atom. The average molecular weight is 411 g/mol. The number of likely N-dealkylation sites (tertiary alicyclic amines) is 1. The van der Waals surface area contributed by atoms with Gasteiger partial charge in [0, 0.05) is 63.6 Å². The van der Waals surface area contributed by atoms with Crippen LogP contribution in [0.25, 0.3) is 0 Å². The standard InChI is InChI=1S/C22H26FN5O2/c1-14(29)27-9-7-15(8-10-27)22-25-19(12-20(24-2)26-22)16-11-21(30)28(13-16)18-5-3-17(23)4-6-18/h3-6,12,15-16H,7-11,13H2,1-2H3,(H,24,25,26)/t16-/m1/s1. The van der Waals surface area contributed by atoms with Crippen molar-refractivity contribution in [2.24, 2.45) is 0 Å². The van der Waals surface area contributed by atoms with Gasteiger partial charge in [0.2, 0.25) is 11.8 Å². The molecule has 158 valence electrons. The van der Waals surface area contributed by atoms with Gasteiger partial charge in [0.15, 0.2) is 0 Å². The van der Waals surface area contributed by atoms with Crippen LogP contribution >= 0.6 is 0 Å². The summed E-state index contributed by atoms with van der Waals surface area (Å²) >= 11 is 0. The van der Waals surface area contributed by atoms with Gasteiger partial charge in [-0.3, -0.25) is 9.59 Å². The number of anilines is 2. The summed E-state index contributed by atoms with van der Waals surface area (Å²) in [4.78, 5) is 37.3. The first-order valence-corrected chi connectivity index (χ1v) is 10.3. The summed E-state index contributed by atoms with van der Waals surface area (Å²) in [6.45, 7) is 3.53. The Labute approximate surface area is 175 Å². The van der Waals surface area contributed by atoms with E-state index in [4.69, 9.17) is 4.98 Å². The highest BCUT2D eigenvalue weighted by atomic mass is 19.1. The Hall–Kier alpha value is -3.03. The Bertz CT molecular complexity index is 941. The quantitative estimate of drug-likeness (QED) is 0.837. The first-order chi connectivity index (χ1) is 14.4. The third-order valence-electron chi connectivity index (χ3n) is 6.01. The molecule has 30 heavy (non-hydrogen) atoms. The smallest absolute Gasteiger partial charge is 0.227 e. The lowest BCUT2D eigenvalue weighted by molar-refractivity contribution is -0.129. The molecule has 1 aromatic heterocycles. The van der Waals surface area contributed by atoms with Gasteiger partial charge in [-0.2, -0.15) is 0 Å². The number of nitrogens with zero attached hydrogens (tertiary/aromatic N) is 4. The number of aromatic nitrogens is 2. The van der Waals surface area contributed by atoms with E-state index in [2.05, 4.69) is 10.3 Å². The van der Waals surface area contributed by atoms with Crippen LogP contribution in [0.4, 0.5) is 15.9 Å². The summed E-state index contributed by atoms with van der Waals surface area (Å²) in [5.41, 5.74) is 1.54. The first-order valence-electron chi connectivity index (χ1n) is 10.3. The zero-order valence-electron chi connectivity index (χ0n) is 17.3. The topological polar surface area (TPSA) is 78.4 Å². The Kier molecular flexibility index (Phi) is 5.65. The summed E-state index contributed by atoms with van der Waals surface area (Å²) < 4.78 is 13.2. The van der Waals surface area contributed by atoms with Crippen molar-refractivity contribution in [3.63, 3.8) is 0 Å². The maximum atomic E-state index is 13.2. The molecule has 7 nitrogen and oxygen atoms in total. The van der Waals surface area contributed by atoms with Gasteiger partial charge in [-0.25, -0.2) is 14.4 Å². The van der Waals surface area contributed by atoms with Crippen LogP contribution in [0.15, 0.2) is 30.3 Å². The molecule has 2 fully saturated rings. The zero-order chi connectivity index (χ0) is 21.3. The van der Waals surface area contributed by atoms with Crippen molar-refractivity contribution in [3.05, 3.63) is 47.7 Å². The van der Waals surface area contributed by atoms with Crippen molar-refractivity contribution in [1.29, 1.82) is 0 Å². The van der Waals surface area contributed by atoms with Crippen molar-refractivity contribution in [3.8, 4) is 0 Å². The summed E-state index contributed by atoms with van der Waals surface area (Å²) in [5, 5.41) is 3.10. The number of hydrogen-bond acceptors (Lipinski definition) is 5. The number of hydrogen-bond donors (Lipinski definition) is 1. The largest absolute Gasteiger partial charge is 0.373 e. The predicted molar refractivity (Wildman–Crippen MR) is 112 cm³/mol. The van der Waals surface area contributed by atoms with Crippen LogP contribution in [-0.2, 0) is 9.59 Å². The van der Waals surface area contributed by atoms with Crippen molar-refractivity contribution in [2.45, 2.75) is 38.0 Å². The van der Waals surface area contributed by atoms with Crippen LogP contribution in [-0.4, -0.2) is 53.4 Å². The molecule has 2 amide bonds. The molecular formula is C22H26FN5O2. The Morgan fingerprint density at radius 2 is 1.83 bits per heavy atom. The molecule has 2 aromatic rings. The second kappa shape index (κ2) is 8.38. The molecule has 1 N–H and O–H groups in total. The predicted octanol–water partition coefficient (Wildman–Crippen LogP) is 2.90. The van der Waals surface area contributed by atoms with E-state index < -0.39 is 0 Å². The summed E-state index contributed by atoms with van der Waals surface area (Å²) in [6, 6.07) is 7.89. The van der Waals surface area contributed by atoms with Gasteiger partial charge in [-0.05, 0) is 37.1 Å². The molecule has 1 aromatic carbocycles. The van der Waals surface area contributed by atoms with E-state index in [1.54, 1.807) is 24.0 Å². The fourth-order valence-corrected chi connectivity index (χ4v) is 4.23. The fraction of sp³-hybridized carbons (Fsp3) is 0.455. The molecule has 4 rings (SSSR count). The molecule has 2 aliphatic heterocycles. The van der Waals surface area contributed by atoms with E-state index in [9.17, 15) is 14.0 Å². The normalized spacial score (nSPS) is 20.0. The minimum atomic E-state index is -0.322. The van der Waals surface area contributed by atoms with Crippen molar-refractivity contribution >= 4 is 23.3 Å². The highest BCUT2D eigenvalue weighted by Crippen LogP contribution is 2.33. The van der Waals surface area contributed by atoms with Crippen LogP contribution in [0.2, 0.25) is 0 Å². The molecule has 0 aliphatic carbocycles. The second-order valence-corrected chi connectivity index (χ2v) is 7.95. The minimum Gasteiger partial charge on any atom is -0.373 e. The lowest BCUT2D eigenvalue weighted by Crippen LogP contribution is -2.36. The van der Waals surface area contributed by atoms with Crippen LogP contribution in [0.5, 0.6) is 0 Å². The van der Waals surface area contributed by atoms with Crippen LogP contribution in [0, 0.1) is 5.82 Å². The van der Waals surface area contributed by atoms with Gasteiger partial charge in [-0.15, -0.1) is 0 Å². The molecule has 0 spiro atoms. The van der Waals surface area contributed by atoms with Gasteiger partial charge in [0.1, 0.15) is 17.5 Å². The molecule has 1 atom stereocenters. The van der Waals surface area contributed by atoms with Gasteiger partial charge in [0.05, 0.1) is 5.69 Å². The van der Waals surface area contributed by atoms with E-state index in [-0.39, 0.29) is 29.5 Å². The van der Waals surface area contributed by atoms with E-state index in [0.29, 0.717) is 31.7 Å². The lowest BCUT2D eigenvalue weighted by Gasteiger charge is -2.30. The maximum absolute atomic E-state index is 13.2. The minimum absolute atomic E-state index is 0.00699. The number of piperidine rings is 1. The third kappa shape index (κ3) is 4.13. The summed E-state index contributed by atoms with van der Waals surface area (Å²) in [7, 11) is 1.82. The number of benzene rings is 1. The van der Waals surface area contributed by atoms with E-state index in [1.165, 1.54) is 12.1 Å². The molecule has 2 saturated heterocycles. The maximum Gasteiger partial charge on any atom is 0.227 e. The third-order valence-corrected chi connectivity index (χ3v) is 6.01. The van der Waals surface area contributed by atoms with Gasteiger partial charge >= 0.3 is 0 Å². The van der Waals surface area contributed by atoms with Crippen molar-refractivity contribution < 1.29 is 14.0 Å². The number of carbonyl (C=O) groups is 2. The first kappa shape index (κ1) is 20.3. The van der Waals surface area contributed by atoms with Gasteiger partial charge < -0.3 is 15.1 Å². The Morgan fingerprint density at radius 1 is 1.13 bits per heavy atom. The van der Waals surface area contributed by atoms with Gasteiger partial charge in [0.25, 0.3) is 0 Å². The van der Waals surface area contributed by atoms with Crippen LogP contribution in [0.3, 0.4) is 0 Å². The molecule has 0 unspecified atom stereocenters. The van der Waals surface area contributed by atoms with E-state index in [0.717, 1.165) is 30.2 Å². The number of rotatable bonds is 4. The number of halogens is 1. The molecule has 0 saturated carbocycles. The summed E-state index contributed by atoms with van der Waals surface area (Å²) in [6.07, 6.45) is 2.02. The highest BCUT2D eigenvalue weighted by Gasteiger charge is 2.34. The van der Waals surface area contributed by atoms with E-state index >= 15 is 0 Å².